The normalized spacial score (nSPS) is 10.4. The largest absolute Gasteiger partial charge is 0.493 e. The molecule has 86 valence electrons. The number of methoxy groups -OCH3 is 1. The fraction of sp³-hybridized carbons (Fsp3) is 0.250. The number of ether oxygens (including phenoxy) is 2. The molecule has 0 aliphatic heterocycles. The number of benzene rings is 1. The first-order valence-electron chi connectivity index (χ1n) is 4.80. The summed E-state index contributed by atoms with van der Waals surface area (Å²) in [4.78, 5) is 10.7. The standard InChI is InChI=1S/C12H13ClO3/c1-3-5-9-6-4-7-10(15-2)12(9)16-8-11(13)14/h3-7H,8H2,1-2H3/b5-3-. The molecule has 1 aromatic carbocycles. The summed E-state index contributed by atoms with van der Waals surface area (Å²) in [6.07, 6.45) is 3.75. The Bertz CT molecular complexity index is 399. The maximum Gasteiger partial charge on any atom is 0.259 e. The van der Waals surface area contributed by atoms with E-state index in [1.54, 1.807) is 13.2 Å². The second-order valence-electron chi connectivity index (χ2n) is 3.02. The van der Waals surface area contributed by atoms with Crippen molar-refractivity contribution in [2.75, 3.05) is 13.7 Å². The molecule has 0 N–H and O–H groups in total. The van der Waals surface area contributed by atoms with Crippen LogP contribution in [0.1, 0.15) is 12.5 Å². The molecule has 0 spiro atoms. The van der Waals surface area contributed by atoms with Gasteiger partial charge in [-0.1, -0.05) is 24.3 Å². The Morgan fingerprint density at radius 1 is 1.50 bits per heavy atom. The molecule has 1 aromatic rings. The zero-order valence-electron chi connectivity index (χ0n) is 9.20. The number of hydrogen-bond donors (Lipinski definition) is 0. The van der Waals surface area contributed by atoms with Gasteiger partial charge in [0.2, 0.25) is 0 Å². The van der Waals surface area contributed by atoms with Gasteiger partial charge in [-0.2, -0.15) is 0 Å². The summed E-state index contributed by atoms with van der Waals surface area (Å²) < 4.78 is 10.5. The van der Waals surface area contributed by atoms with Crippen LogP contribution in [0, 0.1) is 0 Å². The van der Waals surface area contributed by atoms with E-state index in [0.717, 1.165) is 5.56 Å². The molecule has 0 aliphatic rings. The van der Waals surface area contributed by atoms with Gasteiger partial charge in [0, 0.05) is 5.56 Å². The summed E-state index contributed by atoms with van der Waals surface area (Å²) in [6, 6.07) is 5.49. The smallest absolute Gasteiger partial charge is 0.259 e. The molecule has 0 saturated carbocycles. The van der Waals surface area contributed by atoms with Crippen molar-refractivity contribution in [1.29, 1.82) is 0 Å². The van der Waals surface area contributed by atoms with E-state index in [2.05, 4.69) is 0 Å². The zero-order chi connectivity index (χ0) is 12.0. The van der Waals surface area contributed by atoms with Crippen LogP contribution in [0.25, 0.3) is 6.08 Å². The molecule has 16 heavy (non-hydrogen) atoms. The van der Waals surface area contributed by atoms with Crippen LogP contribution in [0.2, 0.25) is 0 Å². The molecule has 0 fully saturated rings. The Balaban J connectivity index is 3.03. The van der Waals surface area contributed by atoms with Gasteiger partial charge in [-0.15, -0.1) is 0 Å². The van der Waals surface area contributed by atoms with Crippen molar-refractivity contribution in [3.8, 4) is 11.5 Å². The molecule has 1 rings (SSSR count). The quantitative estimate of drug-likeness (QED) is 0.743. The summed E-state index contributed by atoms with van der Waals surface area (Å²) in [6.45, 7) is 1.72. The second kappa shape index (κ2) is 6.18. The van der Waals surface area contributed by atoms with E-state index in [9.17, 15) is 4.79 Å². The maximum atomic E-state index is 10.7. The highest BCUT2D eigenvalue weighted by atomic mass is 35.5. The Morgan fingerprint density at radius 3 is 2.81 bits per heavy atom. The molecule has 0 saturated heterocycles. The first-order chi connectivity index (χ1) is 7.69. The highest BCUT2D eigenvalue weighted by Crippen LogP contribution is 2.31. The van der Waals surface area contributed by atoms with Crippen LogP contribution in [0.4, 0.5) is 0 Å². The monoisotopic (exact) mass is 240 g/mol. The molecule has 0 atom stereocenters. The van der Waals surface area contributed by atoms with E-state index >= 15 is 0 Å². The van der Waals surface area contributed by atoms with Gasteiger partial charge in [0.25, 0.3) is 5.24 Å². The molecular weight excluding hydrogens is 228 g/mol. The molecule has 3 nitrogen and oxygen atoms in total. The average Bonchev–Trinajstić information content (AvgIpc) is 2.27. The number of halogens is 1. The van der Waals surface area contributed by atoms with E-state index in [-0.39, 0.29) is 6.61 Å². The van der Waals surface area contributed by atoms with E-state index in [1.807, 2.05) is 31.2 Å². The Hall–Kier alpha value is -1.48. The minimum Gasteiger partial charge on any atom is -0.493 e. The van der Waals surface area contributed by atoms with Crippen molar-refractivity contribution in [1.82, 2.24) is 0 Å². The fourth-order valence-electron chi connectivity index (χ4n) is 1.29. The van der Waals surface area contributed by atoms with Crippen LogP contribution < -0.4 is 9.47 Å². The maximum absolute atomic E-state index is 10.7. The van der Waals surface area contributed by atoms with Crippen LogP contribution in [-0.4, -0.2) is 19.0 Å². The van der Waals surface area contributed by atoms with Gasteiger partial charge >= 0.3 is 0 Å². The summed E-state index contributed by atoms with van der Waals surface area (Å²) in [5.74, 6) is 1.10. The Labute approximate surface area is 99.6 Å². The lowest BCUT2D eigenvalue weighted by Crippen LogP contribution is -2.06. The molecule has 0 amide bonds. The first kappa shape index (κ1) is 12.6. The third-order valence-electron chi connectivity index (χ3n) is 1.91. The number of para-hydroxylation sites is 1. The highest BCUT2D eigenvalue weighted by Gasteiger charge is 2.09. The predicted molar refractivity (Wildman–Crippen MR) is 64.1 cm³/mol. The van der Waals surface area contributed by atoms with Gasteiger partial charge < -0.3 is 9.47 Å². The minimum atomic E-state index is -0.544. The third-order valence-corrected chi connectivity index (χ3v) is 2.01. The summed E-state index contributed by atoms with van der Waals surface area (Å²) >= 11 is 5.23. The van der Waals surface area contributed by atoms with Crippen LogP contribution in [0.15, 0.2) is 24.3 Å². The lowest BCUT2D eigenvalue weighted by Gasteiger charge is -2.11. The molecule has 0 unspecified atom stereocenters. The van der Waals surface area contributed by atoms with Gasteiger partial charge in [-0.25, -0.2) is 0 Å². The van der Waals surface area contributed by atoms with Crippen molar-refractivity contribution in [2.24, 2.45) is 0 Å². The van der Waals surface area contributed by atoms with E-state index < -0.39 is 5.24 Å². The van der Waals surface area contributed by atoms with Gasteiger partial charge in [0.15, 0.2) is 18.1 Å². The summed E-state index contributed by atoms with van der Waals surface area (Å²) in [7, 11) is 1.55. The second-order valence-corrected chi connectivity index (χ2v) is 3.44. The molecular formula is C12H13ClO3. The highest BCUT2D eigenvalue weighted by molar-refractivity contribution is 6.63. The molecule has 0 heterocycles. The van der Waals surface area contributed by atoms with Gasteiger partial charge in [0.05, 0.1) is 7.11 Å². The Morgan fingerprint density at radius 2 is 2.25 bits per heavy atom. The number of hydrogen-bond acceptors (Lipinski definition) is 3. The fourth-order valence-corrected chi connectivity index (χ4v) is 1.34. The van der Waals surface area contributed by atoms with E-state index in [4.69, 9.17) is 21.1 Å². The zero-order valence-corrected chi connectivity index (χ0v) is 9.95. The molecule has 0 aromatic heterocycles. The van der Waals surface area contributed by atoms with Crippen molar-refractivity contribution >= 4 is 22.9 Å². The number of carbonyl (C=O) groups is 1. The third kappa shape index (κ3) is 3.28. The van der Waals surface area contributed by atoms with Crippen LogP contribution in [0.3, 0.4) is 0 Å². The number of carbonyl (C=O) groups excluding carboxylic acids is 1. The lowest BCUT2D eigenvalue weighted by molar-refractivity contribution is -0.113. The molecule has 0 radical (unpaired) electrons. The lowest BCUT2D eigenvalue weighted by atomic mass is 10.1. The van der Waals surface area contributed by atoms with Gasteiger partial charge in [-0.05, 0) is 24.6 Å². The first-order valence-corrected chi connectivity index (χ1v) is 5.17. The average molecular weight is 241 g/mol. The van der Waals surface area contributed by atoms with Crippen molar-refractivity contribution < 1.29 is 14.3 Å². The molecule has 4 heteroatoms. The van der Waals surface area contributed by atoms with Crippen molar-refractivity contribution in [2.45, 2.75) is 6.92 Å². The topological polar surface area (TPSA) is 35.5 Å². The summed E-state index contributed by atoms with van der Waals surface area (Å²) in [5.41, 5.74) is 0.847. The van der Waals surface area contributed by atoms with Crippen LogP contribution >= 0.6 is 11.6 Å². The predicted octanol–water partition coefficient (Wildman–Crippen LogP) is 2.87. The van der Waals surface area contributed by atoms with Crippen LogP contribution in [0.5, 0.6) is 11.5 Å². The van der Waals surface area contributed by atoms with Crippen molar-refractivity contribution in [3.05, 3.63) is 29.8 Å². The van der Waals surface area contributed by atoms with E-state index in [1.165, 1.54) is 0 Å². The van der Waals surface area contributed by atoms with E-state index in [0.29, 0.717) is 11.5 Å². The molecule has 0 bridgehead atoms. The van der Waals surface area contributed by atoms with Gasteiger partial charge in [0.1, 0.15) is 0 Å². The van der Waals surface area contributed by atoms with Crippen molar-refractivity contribution in [3.63, 3.8) is 0 Å². The SMILES string of the molecule is C/C=C\c1cccc(OC)c1OCC(=O)Cl. The number of rotatable bonds is 5. The Kier molecular flexibility index (Phi) is 4.86. The summed E-state index contributed by atoms with van der Waals surface area (Å²) in [5, 5.41) is -0.544. The molecule has 0 aliphatic carbocycles. The number of allylic oxidation sites excluding steroid dienone is 1. The van der Waals surface area contributed by atoms with Gasteiger partial charge in [-0.3, -0.25) is 4.79 Å². The van der Waals surface area contributed by atoms with Crippen LogP contribution in [-0.2, 0) is 4.79 Å². The minimum absolute atomic E-state index is 0.174.